The molecule has 6 nitrogen and oxygen atoms in total. The van der Waals surface area contributed by atoms with Crippen LogP contribution >= 0.6 is 0 Å². The van der Waals surface area contributed by atoms with Gasteiger partial charge < -0.3 is 9.84 Å². The molecule has 1 aliphatic heterocycles. The number of aliphatic hydroxyl groups is 1. The van der Waals surface area contributed by atoms with Gasteiger partial charge in [0.1, 0.15) is 0 Å². The smallest absolute Gasteiger partial charge is 0.281 e. The highest BCUT2D eigenvalue weighted by Crippen LogP contribution is 2.36. The lowest BCUT2D eigenvalue weighted by molar-refractivity contribution is -0.0312. The van der Waals surface area contributed by atoms with E-state index in [0.29, 0.717) is 17.4 Å². The van der Waals surface area contributed by atoms with Crippen molar-refractivity contribution in [2.24, 2.45) is 0 Å². The van der Waals surface area contributed by atoms with Gasteiger partial charge in [-0.3, -0.25) is 0 Å². The average Bonchev–Trinajstić information content (AvgIpc) is 2.98. The van der Waals surface area contributed by atoms with Gasteiger partial charge in [-0.05, 0) is 41.0 Å². The van der Waals surface area contributed by atoms with Crippen LogP contribution in [-0.2, 0) is 22.5 Å². The second-order valence-electron chi connectivity index (χ2n) is 5.87. The number of hydrogen-bond acceptors (Lipinski definition) is 6. The number of ether oxygens (including phenoxy) is 1. The predicted molar refractivity (Wildman–Crippen MR) is 93.6 cm³/mol. The zero-order valence-corrected chi connectivity index (χ0v) is 15.5. The molecule has 10 heteroatoms. The van der Waals surface area contributed by atoms with Crippen molar-refractivity contribution in [2.75, 3.05) is 12.9 Å². The molecule has 0 spiro atoms. The van der Waals surface area contributed by atoms with Crippen molar-refractivity contribution in [3.63, 3.8) is 0 Å². The summed E-state index contributed by atoms with van der Waals surface area (Å²) in [6.45, 7) is -0.0479. The fourth-order valence-electron chi connectivity index (χ4n) is 2.69. The molecular formula is C17H14F2O6S2. The van der Waals surface area contributed by atoms with Crippen LogP contribution in [0.25, 0.3) is 11.1 Å². The molecule has 0 fully saturated rings. The molecule has 2 aromatic rings. The largest absolute Gasteiger partial charge is 0.364 e. The predicted octanol–water partition coefficient (Wildman–Crippen LogP) is 1.96. The second-order valence-corrected chi connectivity index (χ2v) is 11.8. The molecule has 0 aliphatic carbocycles. The van der Waals surface area contributed by atoms with Gasteiger partial charge in [0, 0.05) is 5.57 Å². The third-order valence-corrected chi connectivity index (χ3v) is 8.69. The Balaban J connectivity index is 2.08. The first-order chi connectivity index (χ1) is 12.5. The van der Waals surface area contributed by atoms with E-state index < -0.39 is 40.6 Å². The van der Waals surface area contributed by atoms with E-state index in [4.69, 9.17) is 4.74 Å². The van der Waals surface area contributed by atoms with E-state index in [1.54, 1.807) is 0 Å². The van der Waals surface area contributed by atoms with E-state index in [0.717, 1.165) is 24.3 Å². The molecule has 1 aliphatic rings. The van der Waals surface area contributed by atoms with Crippen molar-refractivity contribution in [1.82, 2.24) is 0 Å². The molecule has 27 heavy (non-hydrogen) atoms. The Hall–Kier alpha value is -2.14. The number of halogens is 2. The maximum Gasteiger partial charge on any atom is 0.281 e. The van der Waals surface area contributed by atoms with Crippen molar-refractivity contribution in [1.29, 1.82) is 0 Å². The number of rotatable bonds is 4. The normalized spacial score (nSPS) is 18.1. The van der Waals surface area contributed by atoms with E-state index in [2.05, 4.69) is 0 Å². The Morgan fingerprint density at radius 1 is 0.963 bits per heavy atom. The summed E-state index contributed by atoms with van der Waals surface area (Å²) < 4.78 is 78.6. The molecule has 0 radical (unpaired) electrons. The van der Waals surface area contributed by atoms with Gasteiger partial charge >= 0.3 is 0 Å². The van der Waals surface area contributed by atoms with E-state index in [1.165, 1.54) is 18.2 Å². The fraction of sp³-hybridized carbons (Fsp3) is 0.176. The van der Waals surface area contributed by atoms with Crippen molar-refractivity contribution in [2.45, 2.75) is 11.2 Å². The first-order valence-corrected chi connectivity index (χ1v) is 11.4. The molecule has 0 bridgehead atoms. The molecule has 0 amide bonds. The van der Waals surface area contributed by atoms with Gasteiger partial charge in [0.15, 0.2) is 17.9 Å². The Kier molecular flexibility index (Phi) is 4.93. The van der Waals surface area contributed by atoms with Crippen molar-refractivity contribution < 1.29 is 35.5 Å². The Bertz CT molecular complexity index is 1140. The third-order valence-electron chi connectivity index (χ3n) is 4.08. The zero-order chi connectivity index (χ0) is 20.0. The quantitative estimate of drug-likeness (QED) is 0.766. The van der Waals surface area contributed by atoms with Gasteiger partial charge in [0.05, 0.1) is 17.8 Å². The molecule has 1 N–H and O–H groups in total. The first-order valence-electron chi connectivity index (χ1n) is 7.56. The molecule has 0 saturated carbocycles. The zero-order valence-electron chi connectivity index (χ0n) is 13.9. The molecule has 2 aromatic carbocycles. The summed E-state index contributed by atoms with van der Waals surface area (Å²) in [5.74, 6) is -2.13. The van der Waals surface area contributed by atoms with E-state index in [9.17, 15) is 30.7 Å². The van der Waals surface area contributed by atoms with Crippen LogP contribution in [0.1, 0.15) is 11.1 Å². The number of hydrogen-bond donors (Lipinski definition) is 1. The van der Waals surface area contributed by atoms with Crippen LogP contribution in [0, 0.1) is 11.6 Å². The summed E-state index contributed by atoms with van der Waals surface area (Å²) in [5, 5.41) is 10.1. The minimum absolute atomic E-state index is 0.0479. The van der Waals surface area contributed by atoms with Gasteiger partial charge in [-0.1, -0.05) is 18.2 Å². The molecule has 1 heterocycles. The molecule has 3 rings (SSSR count). The summed E-state index contributed by atoms with van der Waals surface area (Å²) in [5.41, 5.74) is 1.31. The van der Waals surface area contributed by atoms with Crippen LogP contribution in [0.3, 0.4) is 0 Å². The maximum atomic E-state index is 13.5. The van der Waals surface area contributed by atoms with Gasteiger partial charge in [-0.15, -0.1) is 0 Å². The van der Waals surface area contributed by atoms with E-state index in [-0.39, 0.29) is 17.7 Å². The Morgan fingerprint density at radius 2 is 1.56 bits per heavy atom. The van der Waals surface area contributed by atoms with Crippen LogP contribution in [0.5, 0.6) is 0 Å². The van der Waals surface area contributed by atoms with Crippen molar-refractivity contribution in [3.05, 3.63) is 65.2 Å². The van der Waals surface area contributed by atoms with Gasteiger partial charge in [-0.25, -0.2) is 25.6 Å². The molecule has 1 unspecified atom stereocenters. The van der Waals surface area contributed by atoms with Gasteiger partial charge in [0.2, 0.25) is 0 Å². The lowest BCUT2D eigenvalue weighted by Crippen LogP contribution is -2.13. The third kappa shape index (κ3) is 3.53. The monoisotopic (exact) mass is 416 g/mol. The molecule has 0 saturated heterocycles. The van der Waals surface area contributed by atoms with Crippen LogP contribution < -0.4 is 0 Å². The first kappa shape index (κ1) is 19.6. The lowest BCUT2D eigenvalue weighted by Gasteiger charge is -2.11. The van der Waals surface area contributed by atoms with E-state index in [1.807, 2.05) is 0 Å². The summed E-state index contributed by atoms with van der Waals surface area (Å²) in [4.78, 5) is -0.400. The van der Waals surface area contributed by atoms with Crippen LogP contribution in [0.15, 0.2) is 47.4 Å². The number of benzene rings is 2. The van der Waals surface area contributed by atoms with Crippen molar-refractivity contribution >= 4 is 28.9 Å². The SMILES string of the molecule is CS(=O)(=O)S(=O)(=O)c1ccc(C2=C(c3ccc(F)c(F)c3)C(O)OC2)cc1. The van der Waals surface area contributed by atoms with E-state index >= 15 is 0 Å². The minimum Gasteiger partial charge on any atom is -0.364 e. The standard InChI is InChI=1S/C17H14F2O6S2/c1-26(21,22)27(23,24)12-5-2-10(3-6-12)13-9-25-17(20)16(13)11-4-7-14(18)15(19)8-11/h2-8,17,20H,9H2,1H3. The fourth-order valence-corrected chi connectivity index (χ4v) is 4.89. The molecule has 1 atom stereocenters. The molecular weight excluding hydrogens is 402 g/mol. The van der Waals surface area contributed by atoms with Crippen LogP contribution in [0.4, 0.5) is 8.78 Å². The number of aliphatic hydroxyl groups excluding tert-OH is 1. The highest BCUT2D eigenvalue weighted by Gasteiger charge is 2.29. The van der Waals surface area contributed by atoms with Crippen LogP contribution in [-0.4, -0.2) is 41.1 Å². The lowest BCUT2D eigenvalue weighted by atomic mass is 9.96. The topological polar surface area (TPSA) is 97.7 Å². The molecule has 0 aromatic heterocycles. The van der Waals surface area contributed by atoms with Gasteiger partial charge in [0.25, 0.3) is 17.7 Å². The highest BCUT2D eigenvalue weighted by atomic mass is 33.2. The average molecular weight is 416 g/mol. The summed E-state index contributed by atoms with van der Waals surface area (Å²) in [6, 6.07) is 8.07. The Morgan fingerprint density at radius 3 is 2.11 bits per heavy atom. The minimum atomic E-state index is -4.52. The summed E-state index contributed by atoms with van der Waals surface area (Å²) in [7, 11) is -8.86. The summed E-state index contributed by atoms with van der Waals surface area (Å²) >= 11 is 0. The maximum absolute atomic E-state index is 13.5. The van der Waals surface area contributed by atoms with Gasteiger partial charge in [-0.2, -0.15) is 0 Å². The Labute approximate surface area is 154 Å². The van der Waals surface area contributed by atoms with Crippen LogP contribution in [0.2, 0.25) is 0 Å². The van der Waals surface area contributed by atoms with Crippen molar-refractivity contribution in [3.8, 4) is 0 Å². The summed E-state index contributed by atoms with van der Waals surface area (Å²) in [6.07, 6.45) is -0.773. The highest BCUT2D eigenvalue weighted by molar-refractivity contribution is 8.66. The second kappa shape index (κ2) is 6.79. The molecule has 144 valence electrons.